The van der Waals surface area contributed by atoms with Crippen molar-refractivity contribution >= 4 is 33.2 Å². The highest BCUT2D eigenvalue weighted by molar-refractivity contribution is 7.92. The molecule has 0 bridgehead atoms. The predicted octanol–water partition coefficient (Wildman–Crippen LogP) is 2.86. The monoisotopic (exact) mass is 409 g/mol. The molecule has 3 aromatic carbocycles. The third-order valence-electron chi connectivity index (χ3n) is 4.32. The van der Waals surface area contributed by atoms with E-state index in [-0.39, 0.29) is 4.90 Å². The van der Waals surface area contributed by atoms with Gasteiger partial charge in [-0.2, -0.15) is 0 Å². The smallest absolute Gasteiger partial charge is 0.264 e. The van der Waals surface area contributed by atoms with Gasteiger partial charge in [0.05, 0.1) is 10.6 Å². The average Bonchev–Trinajstić information content (AvgIpc) is 2.74. The Morgan fingerprint density at radius 2 is 1.38 bits per heavy atom. The largest absolute Gasteiger partial charge is 0.366 e. The Hall–Kier alpha value is -3.65. The van der Waals surface area contributed by atoms with Gasteiger partial charge in [-0.15, -0.1) is 0 Å². The number of para-hydroxylation sites is 1. The van der Waals surface area contributed by atoms with E-state index in [2.05, 4.69) is 5.32 Å². The molecule has 0 saturated carbocycles. The number of carbonyl (C=O) groups excluding carboxylic acids is 2. The summed E-state index contributed by atoms with van der Waals surface area (Å²) in [6.45, 7) is 0. The standard InChI is InChI=1S/C21H19N3O4S/c1-24(18-5-3-2-4-6-18)29(27,28)19-13-9-16(10-14-19)21(26)23-17-11-7-15(8-12-17)20(22)25/h2-14H,1H3,(H2,22,25)(H,23,26). The van der Waals surface area contributed by atoms with Crippen LogP contribution in [0, 0.1) is 0 Å². The maximum absolute atomic E-state index is 12.8. The van der Waals surface area contributed by atoms with Gasteiger partial charge in [0.1, 0.15) is 0 Å². The first-order chi connectivity index (χ1) is 13.8. The molecule has 3 N–H and O–H groups in total. The summed E-state index contributed by atoms with van der Waals surface area (Å²) < 4.78 is 26.7. The number of nitrogens with zero attached hydrogens (tertiary/aromatic N) is 1. The van der Waals surface area contributed by atoms with E-state index in [0.29, 0.717) is 22.5 Å². The number of hydrogen-bond acceptors (Lipinski definition) is 4. The fourth-order valence-corrected chi connectivity index (χ4v) is 3.83. The SMILES string of the molecule is CN(c1ccccc1)S(=O)(=O)c1ccc(C(=O)Nc2ccc(C(N)=O)cc2)cc1. The molecule has 0 spiro atoms. The minimum Gasteiger partial charge on any atom is -0.366 e. The maximum atomic E-state index is 12.8. The molecule has 2 amide bonds. The van der Waals surface area contributed by atoms with Crippen LogP contribution in [-0.4, -0.2) is 27.3 Å². The first kappa shape index (κ1) is 20.1. The van der Waals surface area contributed by atoms with E-state index in [1.54, 1.807) is 42.5 Å². The van der Waals surface area contributed by atoms with E-state index in [1.807, 2.05) is 0 Å². The van der Waals surface area contributed by atoms with Crippen molar-refractivity contribution in [3.05, 3.63) is 90.0 Å². The Balaban J connectivity index is 1.75. The summed E-state index contributed by atoms with van der Waals surface area (Å²) >= 11 is 0. The molecule has 0 unspecified atom stereocenters. The van der Waals surface area contributed by atoms with Gasteiger partial charge in [0.25, 0.3) is 15.9 Å². The summed E-state index contributed by atoms with van der Waals surface area (Å²) in [5.74, 6) is -0.961. The number of hydrogen-bond donors (Lipinski definition) is 2. The van der Waals surface area contributed by atoms with Crippen LogP contribution in [0.25, 0.3) is 0 Å². The second-order valence-electron chi connectivity index (χ2n) is 6.23. The van der Waals surface area contributed by atoms with Gasteiger partial charge in [-0.05, 0) is 60.7 Å². The second kappa shape index (κ2) is 8.15. The molecular weight excluding hydrogens is 390 g/mol. The van der Waals surface area contributed by atoms with Gasteiger partial charge in [0.15, 0.2) is 0 Å². The van der Waals surface area contributed by atoms with Crippen molar-refractivity contribution in [2.24, 2.45) is 5.73 Å². The van der Waals surface area contributed by atoms with Crippen LogP contribution in [0.5, 0.6) is 0 Å². The Kier molecular flexibility index (Phi) is 5.65. The highest BCUT2D eigenvalue weighted by Crippen LogP contribution is 2.22. The lowest BCUT2D eigenvalue weighted by Crippen LogP contribution is -2.26. The second-order valence-corrected chi connectivity index (χ2v) is 8.20. The normalized spacial score (nSPS) is 10.9. The van der Waals surface area contributed by atoms with Crippen LogP contribution >= 0.6 is 0 Å². The predicted molar refractivity (Wildman–Crippen MR) is 111 cm³/mol. The van der Waals surface area contributed by atoms with Crippen LogP contribution in [0.15, 0.2) is 83.8 Å². The molecule has 0 aliphatic heterocycles. The Labute approximate surface area is 168 Å². The van der Waals surface area contributed by atoms with E-state index in [9.17, 15) is 18.0 Å². The molecule has 148 valence electrons. The number of amides is 2. The number of anilines is 2. The summed E-state index contributed by atoms with van der Waals surface area (Å²) in [6.07, 6.45) is 0. The van der Waals surface area contributed by atoms with Crippen molar-refractivity contribution < 1.29 is 18.0 Å². The van der Waals surface area contributed by atoms with Gasteiger partial charge in [0, 0.05) is 23.9 Å². The van der Waals surface area contributed by atoms with Crippen molar-refractivity contribution in [3.63, 3.8) is 0 Å². The number of nitrogens with two attached hydrogens (primary N) is 1. The van der Waals surface area contributed by atoms with Crippen molar-refractivity contribution in [3.8, 4) is 0 Å². The molecule has 29 heavy (non-hydrogen) atoms. The highest BCUT2D eigenvalue weighted by atomic mass is 32.2. The summed E-state index contributed by atoms with van der Waals surface area (Å²) in [6, 6.07) is 20.5. The Morgan fingerprint density at radius 1 is 0.828 bits per heavy atom. The van der Waals surface area contributed by atoms with E-state index < -0.39 is 21.8 Å². The quantitative estimate of drug-likeness (QED) is 0.652. The number of nitrogens with one attached hydrogen (secondary N) is 1. The van der Waals surface area contributed by atoms with Gasteiger partial charge in [-0.1, -0.05) is 18.2 Å². The lowest BCUT2D eigenvalue weighted by atomic mass is 10.2. The van der Waals surface area contributed by atoms with Gasteiger partial charge in [-0.3, -0.25) is 13.9 Å². The number of rotatable bonds is 6. The molecule has 0 aliphatic rings. The summed E-state index contributed by atoms with van der Waals surface area (Å²) in [5, 5.41) is 2.68. The zero-order valence-electron chi connectivity index (χ0n) is 15.6. The fourth-order valence-electron chi connectivity index (χ4n) is 2.63. The van der Waals surface area contributed by atoms with Crippen LogP contribution in [0.1, 0.15) is 20.7 Å². The van der Waals surface area contributed by atoms with Crippen LogP contribution in [0.2, 0.25) is 0 Å². The van der Waals surface area contributed by atoms with Crippen molar-refractivity contribution in [2.75, 3.05) is 16.7 Å². The molecule has 0 fully saturated rings. The molecule has 0 radical (unpaired) electrons. The molecule has 0 aliphatic carbocycles. The first-order valence-corrected chi connectivity index (χ1v) is 10.1. The van der Waals surface area contributed by atoms with Crippen molar-refractivity contribution in [1.29, 1.82) is 0 Å². The van der Waals surface area contributed by atoms with E-state index in [1.165, 1.54) is 47.8 Å². The van der Waals surface area contributed by atoms with Gasteiger partial charge in [0.2, 0.25) is 5.91 Å². The highest BCUT2D eigenvalue weighted by Gasteiger charge is 2.21. The summed E-state index contributed by atoms with van der Waals surface area (Å²) in [5.41, 5.74) is 6.84. The zero-order chi connectivity index (χ0) is 21.0. The average molecular weight is 409 g/mol. The van der Waals surface area contributed by atoms with E-state index in [4.69, 9.17) is 5.73 Å². The lowest BCUT2D eigenvalue weighted by Gasteiger charge is -2.19. The van der Waals surface area contributed by atoms with Crippen molar-refractivity contribution in [1.82, 2.24) is 0 Å². The Bertz CT molecular complexity index is 1130. The minimum atomic E-state index is -3.75. The number of carbonyl (C=O) groups is 2. The van der Waals surface area contributed by atoms with Crippen LogP contribution in [0.4, 0.5) is 11.4 Å². The van der Waals surface area contributed by atoms with Gasteiger partial charge < -0.3 is 11.1 Å². The number of primary amides is 1. The minimum absolute atomic E-state index is 0.0752. The lowest BCUT2D eigenvalue weighted by molar-refractivity contribution is 0.0998. The summed E-state index contributed by atoms with van der Waals surface area (Å²) in [7, 11) is -2.28. The fraction of sp³-hybridized carbons (Fsp3) is 0.0476. The van der Waals surface area contributed by atoms with E-state index in [0.717, 1.165) is 0 Å². The zero-order valence-corrected chi connectivity index (χ0v) is 16.4. The molecule has 0 aromatic heterocycles. The summed E-state index contributed by atoms with van der Waals surface area (Å²) in [4.78, 5) is 23.6. The first-order valence-electron chi connectivity index (χ1n) is 8.64. The van der Waals surface area contributed by atoms with Crippen LogP contribution < -0.4 is 15.4 Å². The number of benzene rings is 3. The van der Waals surface area contributed by atoms with Gasteiger partial charge >= 0.3 is 0 Å². The molecule has 7 nitrogen and oxygen atoms in total. The molecule has 0 atom stereocenters. The third kappa shape index (κ3) is 4.44. The van der Waals surface area contributed by atoms with Crippen LogP contribution in [0.3, 0.4) is 0 Å². The maximum Gasteiger partial charge on any atom is 0.264 e. The van der Waals surface area contributed by atoms with Crippen LogP contribution in [-0.2, 0) is 10.0 Å². The molecule has 3 aromatic rings. The third-order valence-corrected chi connectivity index (χ3v) is 6.12. The Morgan fingerprint density at radius 3 is 1.93 bits per heavy atom. The molecule has 0 heterocycles. The number of sulfonamides is 1. The molecule has 3 rings (SSSR count). The topological polar surface area (TPSA) is 110 Å². The van der Waals surface area contributed by atoms with Gasteiger partial charge in [-0.25, -0.2) is 8.42 Å². The molecule has 0 saturated heterocycles. The molecule has 8 heteroatoms. The van der Waals surface area contributed by atoms with E-state index >= 15 is 0 Å². The van der Waals surface area contributed by atoms with Crippen molar-refractivity contribution in [2.45, 2.75) is 4.90 Å². The molecular formula is C21H19N3O4S.